The van der Waals surface area contributed by atoms with Gasteiger partial charge in [-0.1, -0.05) is 121 Å². The molecule has 0 radical (unpaired) electrons. The Hall–Kier alpha value is -7.11. The van der Waals surface area contributed by atoms with Gasteiger partial charge in [-0.05, 0) is 75.1 Å². The molecule has 0 amide bonds. The number of hydrogen-bond acceptors (Lipinski definition) is 5. The van der Waals surface area contributed by atoms with Gasteiger partial charge in [0.15, 0.2) is 17.5 Å². The summed E-state index contributed by atoms with van der Waals surface area (Å²) in [5.41, 5.74) is 8.38. The van der Waals surface area contributed by atoms with Gasteiger partial charge in [0.05, 0.1) is 0 Å². The van der Waals surface area contributed by atoms with Crippen LogP contribution in [0.5, 0.6) is 0 Å². The van der Waals surface area contributed by atoms with Crippen LogP contribution in [0.25, 0.3) is 111 Å². The van der Waals surface area contributed by atoms with E-state index in [1.54, 1.807) is 0 Å². The topological polar surface area (TPSA) is 65.0 Å². The number of nitrogens with zero attached hydrogens (tertiary/aromatic N) is 3. The second kappa shape index (κ2) is 11.2. The minimum atomic E-state index is 0.604. The third-order valence-corrected chi connectivity index (χ3v) is 10.1. The van der Waals surface area contributed by atoms with Crippen molar-refractivity contribution in [3.63, 3.8) is 0 Å². The summed E-state index contributed by atoms with van der Waals surface area (Å²) >= 11 is 0. The number of benzene rings is 8. The third-order valence-electron chi connectivity index (χ3n) is 10.1. The molecule has 0 aliphatic rings. The Morgan fingerprint density at radius 1 is 0.308 bits per heavy atom. The van der Waals surface area contributed by atoms with Crippen LogP contribution < -0.4 is 0 Å². The van der Waals surface area contributed by atoms with Crippen LogP contribution in [0.15, 0.2) is 173 Å². The molecule has 0 aliphatic heterocycles. The van der Waals surface area contributed by atoms with E-state index in [9.17, 15) is 0 Å². The van der Waals surface area contributed by atoms with Gasteiger partial charge in [-0.25, -0.2) is 15.0 Å². The van der Waals surface area contributed by atoms with Crippen molar-refractivity contribution in [3.05, 3.63) is 164 Å². The predicted molar refractivity (Wildman–Crippen MR) is 211 cm³/mol. The van der Waals surface area contributed by atoms with Crippen LogP contribution >= 0.6 is 0 Å². The zero-order valence-corrected chi connectivity index (χ0v) is 27.7. The Kier molecular flexibility index (Phi) is 6.18. The molecule has 3 heterocycles. The lowest BCUT2D eigenvalue weighted by atomic mass is 9.92. The average molecular weight is 666 g/mol. The Morgan fingerprint density at radius 3 is 1.69 bits per heavy atom. The standard InChI is InChI=1S/C47H27N3O2/c1-2-11-29(12-3-1)45-48-46(31-22-21-28-23-24-42-44(37(28)26-31)36-16-7-9-19-40(36)52-42)50-47(49-45)32-25-30-13-4-5-14-33(30)38(27-32)34-17-10-20-41-43(34)35-15-6-8-18-39(35)51-41/h1-27H. The van der Waals surface area contributed by atoms with Gasteiger partial charge in [0, 0.05) is 38.2 Å². The van der Waals surface area contributed by atoms with E-state index in [0.29, 0.717) is 17.5 Å². The van der Waals surface area contributed by atoms with Crippen molar-refractivity contribution < 1.29 is 8.83 Å². The smallest absolute Gasteiger partial charge is 0.164 e. The summed E-state index contributed by atoms with van der Waals surface area (Å²) in [5, 5.41) is 8.83. The molecule has 0 saturated carbocycles. The van der Waals surface area contributed by atoms with Crippen LogP contribution in [0.4, 0.5) is 0 Å². The molecule has 11 rings (SSSR count). The molecule has 52 heavy (non-hydrogen) atoms. The highest BCUT2D eigenvalue weighted by Crippen LogP contribution is 2.42. The molecule has 3 aromatic heterocycles. The highest BCUT2D eigenvalue weighted by atomic mass is 16.3. The van der Waals surface area contributed by atoms with Crippen molar-refractivity contribution in [2.75, 3.05) is 0 Å². The molecule has 11 aromatic rings. The quantitative estimate of drug-likeness (QED) is 0.187. The molecule has 0 fully saturated rings. The lowest BCUT2D eigenvalue weighted by Crippen LogP contribution is -2.00. The molecule has 0 saturated heterocycles. The lowest BCUT2D eigenvalue weighted by Gasteiger charge is -2.13. The van der Waals surface area contributed by atoms with Crippen molar-refractivity contribution in [1.82, 2.24) is 15.0 Å². The predicted octanol–water partition coefficient (Wildman–Crippen LogP) is 12.6. The first-order valence-electron chi connectivity index (χ1n) is 17.3. The van der Waals surface area contributed by atoms with Gasteiger partial charge in [-0.3, -0.25) is 0 Å². The first-order chi connectivity index (χ1) is 25.7. The number of para-hydroxylation sites is 2. The first kappa shape index (κ1) is 28.7. The summed E-state index contributed by atoms with van der Waals surface area (Å²) in [6.07, 6.45) is 0. The number of rotatable bonds is 4. The Morgan fingerprint density at radius 2 is 0.904 bits per heavy atom. The van der Waals surface area contributed by atoms with E-state index < -0.39 is 0 Å². The van der Waals surface area contributed by atoms with Crippen molar-refractivity contribution in [1.29, 1.82) is 0 Å². The second-order valence-corrected chi connectivity index (χ2v) is 13.2. The van der Waals surface area contributed by atoms with Gasteiger partial charge < -0.3 is 8.83 Å². The minimum absolute atomic E-state index is 0.604. The SMILES string of the molecule is c1ccc(-c2nc(-c3cc(-c4cccc5oc6ccccc6c45)c4ccccc4c3)nc(-c3ccc4ccc5oc6ccccc6c5c4c3)n2)cc1. The summed E-state index contributed by atoms with van der Waals surface area (Å²) in [7, 11) is 0. The van der Waals surface area contributed by atoms with Crippen LogP contribution in [0.2, 0.25) is 0 Å². The largest absolute Gasteiger partial charge is 0.456 e. The fourth-order valence-corrected chi connectivity index (χ4v) is 7.69. The van der Waals surface area contributed by atoms with Crippen LogP contribution in [-0.4, -0.2) is 15.0 Å². The molecule has 5 heteroatoms. The van der Waals surface area contributed by atoms with Gasteiger partial charge in [0.1, 0.15) is 22.3 Å². The average Bonchev–Trinajstić information content (AvgIpc) is 3.79. The first-order valence-corrected chi connectivity index (χ1v) is 17.3. The Balaban J connectivity index is 1.16. The molecule has 0 aliphatic carbocycles. The number of aromatic nitrogens is 3. The van der Waals surface area contributed by atoms with E-state index in [-0.39, 0.29) is 0 Å². The molecular formula is C47H27N3O2. The highest BCUT2D eigenvalue weighted by molar-refractivity contribution is 6.19. The second-order valence-electron chi connectivity index (χ2n) is 13.2. The summed E-state index contributed by atoms with van der Waals surface area (Å²) in [4.78, 5) is 15.4. The zero-order valence-electron chi connectivity index (χ0n) is 27.7. The van der Waals surface area contributed by atoms with E-state index >= 15 is 0 Å². The van der Waals surface area contributed by atoms with Gasteiger partial charge in [-0.15, -0.1) is 0 Å². The van der Waals surface area contributed by atoms with Gasteiger partial charge in [0.25, 0.3) is 0 Å². The van der Waals surface area contributed by atoms with Crippen molar-refractivity contribution in [2.45, 2.75) is 0 Å². The number of hydrogen-bond donors (Lipinski definition) is 0. The molecule has 0 atom stereocenters. The summed E-state index contributed by atoms with van der Waals surface area (Å²) in [6, 6.07) is 56.3. The maximum Gasteiger partial charge on any atom is 0.164 e. The summed E-state index contributed by atoms with van der Waals surface area (Å²) < 4.78 is 12.5. The highest BCUT2D eigenvalue weighted by Gasteiger charge is 2.19. The Labute approximate surface area is 297 Å². The van der Waals surface area contributed by atoms with Gasteiger partial charge in [0.2, 0.25) is 0 Å². The van der Waals surface area contributed by atoms with Gasteiger partial charge in [-0.2, -0.15) is 0 Å². The van der Waals surface area contributed by atoms with E-state index in [1.807, 2.05) is 60.7 Å². The number of fused-ring (bicyclic) bond motifs is 9. The lowest BCUT2D eigenvalue weighted by molar-refractivity contribution is 0.668. The van der Waals surface area contributed by atoms with Crippen molar-refractivity contribution >= 4 is 65.4 Å². The molecule has 0 spiro atoms. The zero-order chi connectivity index (χ0) is 34.2. The Bertz CT molecular complexity index is 3190. The van der Waals surface area contributed by atoms with Crippen LogP contribution in [0, 0.1) is 0 Å². The number of furan rings is 2. The van der Waals surface area contributed by atoms with Crippen LogP contribution in [0.1, 0.15) is 0 Å². The molecule has 242 valence electrons. The van der Waals surface area contributed by atoms with E-state index in [2.05, 4.69) is 103 Å². The van der Waals surface area contributed by atoms with Crippen LogP contribution in [0.3, 0.4) is 0 Å². The fourth-order valence-electron chi connectivity index (χ4n) is 7.69. The molecule has 0 bridgehead atoms. The minimum Gasteiger partial charge on any atom is -0.456 e. The molecular weight excluding hydrogens is 639 g/mol. The monoisotopic (exact) mass is 665 g/mol. The molecule has 0 unspecified atom stereocenters. The molecule has 5 nitrogen and oxygen atoms in total. The summed E-state index contributed by atoms with van der Waals surface area (Å²) in [6.45, 7) is 0. The van der Waals surface area contributed by atoms with Crippen molar-refractivity contribution in [2.24, 2.45) is 0 Å². The molecule has 8 aromatic carbocycles. The van der Waals surface area contributed by atoms with E-state index in [4.69, 9.17) is 23.8 Å². The maximum atomic E-state index is 6.31. The summed E-state index contributed by atoms with van der Waals surface area (Å²) in [5.74, 6) is 1.82. The van der Waals surface area contributed by atoms with Gasteiger partial charge >= 0.3 is 0 Å². The maximum absolute atomic E-state index is 6.31. The third kappa shape index (κ3) is 4.46. The van der Waals surface area contributed by atoms with E-state index in [1.165, 1.54) is 0 Å². The van der Waals surface area contributed by atoms with Crippen LogP contribution in [-0.2, 0) is 0 Å². The normalized spacial score (nSPS) is 11.8. The van der Waals surface area contributed by atoms with Crippen molar-refractivity contribution in [3.8, 4) is 45.3 Å². The van der Waals surface area contributed by atoms with E-state index in [0.717, 1.165) is 93.2 Å². The molecule has 0 N–H and O–H groups in total. The fraction of sp³-hybridized carbons (Fsp3) is 0.